The van der Waals surface area contributed by atoms with Gasteiger partial charge in [-0.3, -0.25) is 4.79 Å². The molecule has 23 heavy (non-hydrogen) atoms. The predicted octanol–water partition coefficient (Wildman–Crippen LogP) is 5.22. The molecule has 1 aliphatic rings. The lowest BCUT2D eigenvalue weighted by atomic mass is 10.1. The zero-order chi connectivity index (χ0) is 16.1. The summed E-state index contributed by atoms with van der Waals surface area (Å²) in [6.07, 6.45) is 6.80. The number of carbonyl (C=O) groups excluding carboxylic acids is 1. The summed E-state index contributed by atoms with van der Waals surface area (Å²) in [7, 11) is 0. The van der Waals surface area contributed by atoms with Crippen molar-refractivity contribution in [2.45, 2.75) is 32.6 Å². The van der Waals surface area contributed by atoms with Gasteiger partial charge in [-0.15, -0.1) is 0 Å². The first-order chi connectivity index (χ1) is 11.3. The number of hydrogen-bond acceptors (Lipinski definition) is 1. The second kappa shape index (κ2) is 7.28. The maximum Gasteiger partial charge on any atom is 0.258 e. The molecule has 118 valence electrons. The van der Waals surface area contributed by atoms with Crippen LogP contribution in [0.4, 0.5) is 0 Å². The van der Waals surface area contributed by atoms with E-state index in [4.69, 9.17) is 0 Å². The van der Waals surface area contributed by atoms with Crippen LogP contribution in [0.15, 0.2) is 54.6 Å². The van der Waals surface area contributed by atoms with Gasteiger partial charge in [0, 0.05) is 17.7 Å². The molecule has 3 rings (SSSR count). The second-order valence-electron chi connectivity index (χ2n) is 6.00. The molecule has 2 nitrogen and oxygen atoms in total. The van der Waals surface area contributed by atoms with Crippen molar-refractivity contribution >= 4 is 17.7 Å². The number of fused-ring (bicyclic) bond motifs is 1. The quantitative estimate of drug-likeness (QED) is 0.670. The topological polar surface area (TPSA) is 20.3 Å². The average Bonchev–Trinajstić information content (AvgIpc) is 2.85. The van der Waals surface area contributed by atoms with Gasteiger partial charge in [-0.2, -0.15) is 0 Å². The van der Waals surface area contributed by atoms with E-state index < -0.39 is 0 Å². The van der Waals surface area contributed by atoms with Crippen LogP contribution in [-0.4, -0.2) is 17.4 Å². The molecule has 0 saturated heterocycles. The molecule has 0 aliphatic carbocycles. The van der Waals surface area contributed by atoms with Crippen LogP contribution in [-0.2, 0) is 0 Å². The first kappa shape index (κ1) is 15.5. The Morgan fingerprint density at radius 2 is 1.57 bits per heavy atom. The Labute approximate surface area is 138 Å². The standard InChI is InChI=1S/C21H23NO/c1-2-3-4-10-15-22-20(16-17-11-6-5-7-12-17)18-13-8-9-14-19(18)21(22)23/h5-9,11-14,16H,2-4,10,15H2,1H3/b20-16-. The van der Waals surface area contributed by atoms with Gasteiger partial charge >= 0.3 is 0 Å². The Morgan fingerprint density at radius 3 is 2.30 bits per heavy atom. The maximum atomic E-state index is 12.7. The summed E-state index contributed by atoms with van der Waals surface area (Å²) in [5.74, 6) is 0.138. The average molecular weight is 305 g/mol. The predicted molar refractivity (Wildman–Crippen MR) is 95.9 cm³/mol. The van der Waals surface area contributed by atoms with Gasteiger partial charge in [-0.25, -0.2) is 0 Å². The van der Waals surface area contributed by atoms with Gasteiger partial charge in [0.1, 0.15) is 0 Å². The Balaban J connectivity index is 1.91. The number of unbranched alkanes of at least 4 members (excludes halogenated alkanes) is 3. The number of hydrogen-bond donors (Lipinski definition) is 0. The van der Waals surface area contributed by atoms with E-state index in [9.17, 15) is 4.79 Å². The highest BCUT2D eigenvalue weighted by atomic mass is 16.2. The molecule has 0 radical (unpaired) electrons. The number of amides is 1. The highest BCUT2D eigenvalue weighted by Gasteiger charge is 2.31. The molecule has 2 aromatic carbocycles. The van der Waals surface area contributed by atoms with E-state index in [-0.39, 0.29) is 5.91 Å². The van der Waals surface area contributed by atoms with Crippen LogP contribution in [0.25, 0.3) is 11.8 Å². The smallest absolute Gasteiger partial charge is 0.258 e. The largest absolute Gasteiger partial charge is 0.308 e. The van der Waals surface area contributed by atoms with Gasteiger partial charge in [-0.1, -0.05) is 74.7 Å². The Kier molecular flexibility index (Phi) is 4.92. The summed E-state index contributed by atoms with van der Waals surface area (Å²) in [4.78, 5) is 14.7. The van der Waals surface area contributed by atoms with Crippen LogP contribution >= 0.6 is 0 Å². The van der Waals surface area contributed by atoms with Gasteiger partial charge in [0.15, 0.2) is 0 Å². The molecular weight excluding hydrogens is 282 g/mol. The Bertz CT molecular complexity index is 703. The van der Waals surface area contributed by atoms with Crippen molar-refractivity contribution in [3.63, 3.8) is 0 Å². The molecule has 0 spiro atoms. The van der Waals surface area contributed by atoms with Crippen molar-refractivity contribution < 1.29 is 4.79 Å². The van der Waals surface area contributed by atoms with Crippen LogP contribution in [0.5, 0.6) is 0 Å². The van der Waals surface area contributed by atoms with E-state index in [1.54, 1.807) is 0 Å². The zero-order valence-corrected chi connectivity index (χ0v) is 13.7. The number of rotatable bonds is 6. The third-order valence-electron chi connectivity index (χ3n) is 4.31. The molecule has 2 aromatic rings. The number of nitrogens with zero attached hydrogens (tertiary/aromatic N) is 1. The van der Waals surface area contributed by atoms with Crippen LogP contribution in [0.1, 0.15) is 54.1 Å². The first-order valence-corrected chi connectivity index (χ1v) is 8.49. The molecule has 0 bridgehead atoms. The SMILES string of the molecule is CCCCCCN1C(=O)c2ccccc2/C1=C/c1ccccc1. The van der Waals surface area contributed by atoms with Crippen LogP contribution in [0.3, 0.4) is 0 Å². The fraction of sp³-hybridized carbons (Fsp3) is 0.286. The van der Waals surface area contributed by atoms with Crippen molar-refractivity contribution in [2.75, 3.05) is 6.54 Å². The molecular formula is C21H23NO. The first-order valence-electron chi connectivity index (χ1n) is 8.49. The number of benzene rings is 2. The molecule has 1 aliphatic heterocycles. The summed E-state index contributed by atoms with van der Waals surface area (Å²) < 4.78 is 0. The minimum Gasteiger partial charge on any atom is -0.308 e. The van der Waals surface area contributed by atoms with Crippen LogP contribution in [0.2, 0.25) is 0 Å². The van der Waals surface area contributed by atoms with Gasteiger partial charge < -0.3 is 4.90 Å². The van der Waals surface area contributed by atoms with Gasteiger partial charge in [-0.05, 0) is 24.1 Å². The molecule has 0 N–H and O–H groups in total. The summed E-state index contributed by atoms with van der Waals surface area (Å²) in [5.41, 5.74) is 4.04. The molecule has 1 heterocycles. The van der Waals surface area contributed by atoms with E-state index in [0.717, 1.165) is 35.4 Å². The Hall–Kier alpha value is -2.35. The van der Waals surface area contributed by atoms with Gasteiger partial charge in [0.25, 0.3) is 5.91 Å². The van der Waals surface area contributed by atoms with E-state index in [1.807, 2.05) is 47.4 Å². The van der Waals surface area contributed by atoms with Crippen molar-refractivity contribution in [2.24, 2.45) is 0 Å². The van der Waals surface area contributed by atoms with Crippen molar-refractivity contribution in [1.29, 1.82) is 0 Å². The summed E-state index contributed by atoms with van der Waals surface area (Å²) in [6, 6.07) is 18.2. The van der Waals surface area contributed by atoms with Crippen LogP contribution < -0.4 is 0 Å². The van der Waals surface area contributed by atoms with Crippen molar-refractivity contribution in [3.8, 4) is 0 Å². The van der Waals surface area contributed by atoms with E-state index >= 15 is 0 Å². The zero-order valence-electron chi connectivity index (χ0n) is 13.7. The fourth-order valence-corrected chi connectivity index (χ4v) is 3.07. The molecule has 1 amide bonds. The highest BCUT2D eigenvalue weighted by Crippen LogP contribution is 2.34. The van der Waals surface area contributed by atoms with Gasteiger partial charge in [0.2, 0.25) is 0 Å². The molecule has 2 heteroatoms. The third-order valence-corrected chi connectivity index (χ3v) is 4.31. The summed E-state index contributed by atoms with van der Waals surface area (Å²) in [5, 5.41) is 0. The molecule has 0 atom stereocenters. The molecule has 0 unspecified atom stereocenters. The fourth-order valence-electron chi connectivity index (χ4n) is 3.07. The lowest BCUT2D eigenvalue weighted by Gasteiger charge is -2.18. The maximum absolute atomic E-state index is 12.7. The Morgan fingerprint density at radius 1 is 0.870 bits per heavy atom. The molecule has 0 saturated carbocycles. The molecule has 0 fully saturated rings. The second-order valence-corrected chi connectivity index (χ2v) is 6.00. The summed E-state index contributed by atoms with van der Waals surface area (Å²) in [6.45, 7) is 3.00. The normalized spacial score (nSPS) is 15.3. The lowest BCUT2D eigenvalue weighted by Crippen LogP contribution is -2.24. The minimum atomic E-state index is 0.138. The molecule has 0 aromatic heterocycles. The number of carbonyl (C=O) groups is 1. The third kappa shape index (κ3) is 3.37. The van der Waals surface area contributed by atoms with Crippen molar-refractivity contribution in [3.05, 3.63) is 71.3 Å². The van der Waals surface area contributed by atoms with E-state index in [0.29, 0.717) is 0 Å². The highest BCUT2D eigenvalue weighted by molar-refractivity contribution is 6.11. The van der Waals surface area contributed by atoms with Crippen molar-refractivity contribution in [1.82, 2.24) is 4.90 Å². The van der Waals surface area contributed by atoms with Crippen LogP contribution in [0, 0.1) is 0 Å². The van der Waals surface area contributed by atoms with Gasteiger partial charge in [0.05, 0.1) is 5.70 Å². The lowest BCUT2D eigenvalue weighted by molar-refractivity contribution is 0.0849. The van der Waals surface area contributed by atoms with E-state index in [1.165, 1.54) is 19.3 Å². The van der Waals surface area contributed by atoms with E-state index in [2.05, 4.69) is 25.1 Å². The summed E-state index contributed by atoms with van der Waals surface area (Å²) >= 11 is 0. The minimum absolute atomic E-state index is 0.138. The monoisotopic (exact) mass is 305 g/mol.